The Hall–Kier alpha value is -3.33. The molecule has 1 amide bonds. The summed E-state index contributed by atoms with van der Waals surface area (Å²) in [6, 6.07) is 19.7. The number of hydrogen-bond acceptors (Lipinski definition) is 5. The summed E-state index contributed by atoms with van der Waals surface area (Å²) in [6.07, 6.45) is 3.94. The molecule has 0 radical (unpaired) electrons. The van der Waals surface area contributed by atoms with Crippen LogP contribution in [0.25, 0.3) is 6.08 Å². The van der Waals surface area contributed by atoms with Crippen molar-refractivity contribution in [2.24, 2.45) is 0 Å². The first-order valence-corrected chi connectivity index (χ1v) is 14.1. The van der Waals surface area contributed by atoms with E-state index in [-0.39, 0.29) is 10.8 Å². The lowest BCUT2D eigenvalue weighted by Crippen LogP contribution is -2.48. The molecule has 0 aliphatic carbocycles. The highest BCUT2D eigenvalue weighted by Crippen LogP contribution is 2.33. The molecule has 0 bridgehead atoms. The minimum atomic E-state index is -3.81. The number of rotatable bonds is 6. The van der Waals surface area contributed by atoms with Crippen LogP contribution in [0.2, 0.25) is 5.02 Å². The van der Waals surface area contributed by atoms with Crippen LogP contribution in [0.1, 0.15) is 21.5 Å². The number of fused-ring (bicyclic) bond motifs is 1. The van der Waals surface area contributed by atoms with Crippen LogP contribution in [0.15, 0.2) is 77.7 Å². The maximum Gasteiger partial charge on any atom is 0.263 e. The Kier molecular flexibility index (Phi) is 7.24. The van der Waals surface area contributed by atoms with Crippen molar-refractivity contribution >= 4 is 45.0 Å². The van der Waals surface area contributed by atoms with Crippen molar-refractivity contribution in [3.63, 3.8) is 0 Å². The lowest BCUT2D eigenvalue weighted by Gasteiger charge is -2.34. The zero-order valence-electron chi connectivity index (χ0n) is 20.6. The van der Waals surface area contributed by atoms with Gasteiger partial charge in [-0.05, 0) is 53.6 Å². The molecule has 37 heavy (non-hydrogen) atoms. The SMILES string of the molecule is CN1CC=Cc2cccc(S(=O)(=O)Nc3ccc(C(=O)N4CCN(Cc5cccc(Cl)c5)CC4)cc3)c21. The Balaban J connectivity index is 1.22. The van der Waals surface area contributed by atoms with Gasteiger partial charge in [0.2, 0.25) is 0 Å². The number of carbonyl (C=O) groups is 1. The maximum absolute atomic E-state index is 13.2. The number of likely N-dealkylation sites (N-methyl/N-ethyl adjacent to an activating group) is 1. The number of amides is 1. The van der Waals surface area contributed by atoms with E-state index in [1.165, 1.54) is 0 Å². The summed E-state index contributed by atoms with van der Waals surface area (Å²) in [5.74, 6) is -0.0534. The van der Waals surface area contributed by atoms with Gasteiger partial charge < -0.3 is 9.80 Å². The molecule has 3 aromatic carbocycles. The second-order valence-corrected chi connectivity index (χ2v) is 11.4. The zero-order chi connectivity index (χ0) is 26.0. The van der Waals surface area contributed by atoms with Gasteiger partial charge in [-0.2, -0.15) is 0 Å². The van der Waals surface area contributed by atoms with Crippen LogP contribution in [0, 0.1) is 0 Å². The van der Waals surface area contributed by atoms with E-state index >= 15 is 0 Å². The number of benzene rings is 3. The standard InChI is InChI=1S/C28H29ClN4O3S/c1-31-14-4-7-22-6-3-9-26(27(22)31)37(35,36)30-25-12-10-23(11-13-25)28(34)33-17-15-32(16-18-33)20-21-5-2-8-24(29)19-21/h2-13,19,30H,14-18,20H2,1H3. The molecule has 0 aromatic heterocycles. The van der Waals surface area contributed by atoms with E-state index in [4.69, 9.17) is 11.6 Å². The molecule has 1 saturated heterocycles. The number of para-hydroxylation sites is 1. The molecule has 1 N–H and O–H groups in total. The average molecular weight is 537 g/mol. The molecule has 2 aliphatic heterocycles. The third kappa shape index (κ3) is 5.66. The third-order valence-corrected chi connectivity index (χ3v) is 8.36. The number of nitrogens with one attached hydrogen (secondary N) is 1. The first-order chi connectivity index (χ1) is 17.8. The second-order valence-electron chi connectivity index (χ2n) is 9.36. The van der Waals surface area contributed by atoms with Crippen molar-refractivity contribution in [2.75, 3.05) is 49.4 Å². The van der Waals surface area contributed by atoms with Gasteiger partial charge >= 0.3 is 0 Å². The highest BCUT2D eigenvalue weighted by Gasteiger charge is 2.25. The molecule has 3 aromatic rings. The molecule has 0 atom stereocenters. The van der Waals surface area contributed by atoms with E-state index in [1.54, 1.807) is 36.4 Å². The van der Waals surface area contributed by atoms with E-state index in [2.05, 4.69) is 15.7 Å². The monoisotopic (exact) mass is 536 g/mol. The lowest BCUT2D eigenvalue weighted by molar-refractivity contribution is 0.0628. The highest BCUT2D eigenvalue weighted by molar-refractivity contribution is 7.92. The van der Waals surface area contributed by atoms with Crippen LogP contribution < -0.4 is 9.62 Å². The third-order valence-electron chi connectivity index (χ3n) is 6.72. The number of anilines is 2. The smallest absolute Gasteiger partial charge is 0.263 e. The molecule has 2 aliphatic rings. The van der Waals surface area contributed by atoms with Crippen LogP contribution >= 0.6 is 11.6 Å². The Bertz CT molecular complexity index is 1430. The normalized spacial score (nSPS) is 15.9. The minimum Gasteiger partial charge on any atom is -0.369 e. The zero-order valence-corrected chi connectivity index (χ0v) is 22.2. The molecule has 7 nitrogen and oxygen atoms in total. The summed E-state index contributed by atoms with van der Waals surface area (Å²) < 4.78 is 29.1. The number of sulfonamides is 1. The molecule has 5 rings (SSSR count). The van der Waals surface area contributed by atoms with Gasteiger partial charge in [0.05, 0.1) is 5.69 Å². The van der Waals surface area contributed by atoms with Gasteiger partial charge in [0.25, 0.3) is 15.9 Å². The minimum absolute atomic E-state index is 0.0534. The van der Waals surface area contributed by atoms with Crippen molar-refractivity contribution in [1.82, 2.24) is 9.80 Å². The first-order valence-electron chi connectivity index (χ1n) is 12.2. The summed E-state index contributed by atoms with van der Waals surface area (Å²) in [4.78, 5) is 19.4. The molecule has 0 spiro atoms. The molecular formula is C28H29ClN4O3S. The fourth-order valence-corrected chi connectivity index (χ4v) is 6.36. The van der Waals surface area contributed by atoms with Crippen molar-refractivity contribution in [1.29, 1.82) is 0 Å². The number of carbonyl (C=O) groups excluding carboxylic acids is 1. The predicted molar refractivity (Wildman–Crippen MR) is 149 cm³/mol. The van der Waals surface area contributed by atoms with Crippen molar-refractivity contribution in [3.8, 4) is 0 Å². The largest absolute Gasteiger partial charge is 0.369 e. The number of halogens is 1. The maximum atomic E-state index is 13.2. The van der Waals surface area contributed by atoms with Crippen molar-refractivity contribution in [3.05, 3.63) is 94.5 Å². The van der Waals surface area contributed by atoms with Crippen molar-refractivity contribution < 1.29 is 13.2 Å². The Morgan fingerprint density at radius 2 is 1.70 bits per heavy atom. The van der Waals surface area contributed by atoms with Crippen LogP contribution in [0.4, 0.5) is 11.4 Å². The lowest BCUT2D eigenvalue weighted by atomic mass is 10.1. The number of nitrogens with zero attached hydrogens (tertiary/aromatic N) is 3. The van der Waals surface area contributed by atoms with Gasteiger partial charge in [0, 0.05) is 62.6 Å². The summed E-state index contributed by atoms with van der Waals surface area (Å²) >= 11 is 6.09. The van der Waals surface area contributed by atoms with Crippen LogP contribution in [0.3, 0.4) is 0 Å². The Morgan fingerprint density at radius 3 is 2.43 bits per heavy atom. The quantitative estimate of drug-likeness (QED) is 0.500. The Labute approximate surface area is 223 Å². The van der Waals surface area contributed by atoms with E-state index < -0.39 is 10.0 Å². The number of piperazine rings is 1. The van der Waals surface area contributed by atoms with Gasteiger partial charge in [-0.1, -0.05) is 48.0 Å². The molecule has 192 valence electrons. The molecule has 9 heteroatoms. The summed E-state index contributed by atoms with van der Waals surface area (Å²) in [6.45, 7) is 4.27. The van der Waals surface area contributed by atoms with E-state index in [9.17, 15) is 13.2 Å². The van der Waals surface area contributed by atoms with E-state index in [1.807, 2.05) is 53.3 Å². The van der Waals surface area contributed by atoms with Crippen molar-refractivity contribution in [2.45, 2.75) is 11.4 Å². The fraction of sp³-hybridized carbons (Fsp3) is 0.250. The van der Waals surface area contributed by atoms with E-state index in [0.29, 0.717) is 36.6 Å². The average Bonchev–Trinajstić information content (AvgIpc) is 2.89. The molecule has 1 fully saturated rings. The van der Waals surface area contributed by atoms with Gasteiger partial charge in [-0.3, -0.25) is 14.4 Å². The molecule has 0 saturated carbocycles. The first kappa shape index (κ1) is 25.3. The van der Waals surface area contributed by atoms with Crippen LogP contribution in [-0.4, -0.2) is 63.9 Å². The second kappa shape index (κ2) is 10.6. The Morgan fingerprint density at radius 1 is 0.973 bits per heavy atom. The molecule has 0 unspecified atom stereocenters. The highest BCUT2D eigenvalue weighted by atomic mass is 35.5. The summed E-state index contributed by atoms with van der Waals surface area (Å²) in [5.41, 5.74) is 3.65. The van der Waals surface area contributed by atoms with Gasteiger partial charge in [-0.15, -0.1) is 0 Å². The van der Waals surface area contributed by atoms with Gasteiger partial charge in [0.1, 0.15) is 4.90 Å². The molecule has 2 heterocycles. The summed E-state index contributed by atoms with van der Waals surface area (Å²) in [7, 11) is -1.94. The number of hydrogen-bond donors (Lipinski definition) is 1. The van der Waals surface area contributed by atoms with E-state index in [0.717, 1.165) is 35.8 Å². The van der Waals surface area contributed by atoms with Gasteiger partial charge in [0.15, 0.2) is 0 Å². The van der Waals surface area contributed by atoms with Crippen LogP contribution in [-0.2, 0) is 16.6 Å². The predicted octanol–water partition coefficient (Wildman–Crippen LogP) is 4.56. The van der Waals surface area contributed by atoms with Crippen LogP contribution in [0.5, 0.6) is 0 Å². The fourth-order valence-electron chi connectivity index (χ4n) is 4.80. The van der Waals surface area contributed by atoms with Gasteiger partial charge in [-0.25, -0.2) is 8.42 Å². The topological polar surface area (TPSA) is 73.0 Å². The molecular weight excluding hydrogens is 508 g/mol. The summed E-state index contributed by atoms with van der Waals surface area (Å²) in [5, 5.41) is 0.727.